The Morgan fingerprint density at radius 2 is 1.70 bits per heavy atom. The average Bonchev–Trinajstić information content (AvgIpc) is 2.46. The standard InChI is InChI=1S/C5H8N2O2.C4H5NO2.C2H7NO/c1-6-4-5(9)7-2-3-8;1-5-3-4(6)7-2;3-1-2-4/h8H,2-4H2,(H,7,9);3H2,2H3;4H,1-3H2. The molecule has 0 heterocycles. The second kappa shape index (κ2) is 22.0. The monoisotopic (exact) mass is 288 g/mol. The minimum atomic E-state index is -0.477. The molecular formula is C11H20N4O5. The number of ether oxygens (including phenoxy) is 1. The van der Waals surface area contributed by atoms with Gasteiger partial charge in [0.05, 0.1) is 20.3 Å². The molecule has 0 saturated heterocycles. The molecule has 0 aliphatic rings. The van der Waals surface area contributed by atoms with Crippen molar-refractivity contribution in [2.24, 2.45) is 5.73 Å². The second-order valence-corrected chi connectivity index (χ2v) is 2.79. The molecule has 0 aromatic heterocycles. The van der Waals surface area contributed by atoms with Crippen LogP contribution in [-0.4, -0.2) is 68.6 Å². The molecule has 9 nitrogen and oxygen atoms in total. The minimum Gasteiger partial charge on any atom is -0.464 e. The predicted molar refractivity (Wildman–Crippen MR) is 71.2 cm³/mol. The molecule has 1 amide bonds. The van der Waals surface area contributed by atoms with E-state index in [9.17, 15) is 9.59 Å². The Morgan fingerprint density at radius 1 is 1.20 bits per heavy atom. The molecule has 9 heteroatoms. The Balaban J connectivity index is -0.000000234. The molecule has 0 bridgehead atoms. The summed E-state index contributed by atoms with van der Waals surface area (Å²) >= 11 is 0. The maximum absolute atomic E-state index is 10.4. The predicted octanol–water partition coefficient (Wildman–Crippen LogP) is -1.97. The Hall–Kier alpha value is -2.20. The van der Waals surface area contributed by atoms with E-state index in [1.165, 1.54) is 7.11 Å². The number of amides is 1. The quantitative estimate of drug-likeness (QED) is 0.343. The first kappa shape index (κ1) is 22.9. The highest BCUT2D eigenvalue weighted by Gasteiger charge is 1.99. The lowest BCUT2D eigenvalue weighted by molar-refractivity contribution is -0.138. The summed E-state index contributed by atoms with van der Waals surface area (Å²) in [5, 5.41) is 18.3. The Labute approximate surface area is 118 Å². The number of hydrogen-bond acceptors (Lipinski definition) is 6. The number of methoxy groups -OCH3 is 1. The van der Waals surface area contributed by atoms with Crippen molar-refractivity contribution in [2.75, 3.05) is 46.5 Å². The molecule has 0 saturated carbocycles. The number of nitrogens with zero attached hydrogens (tertiary/aromatic N) is 2. The number of aliphatic hydroxyl groups excluding tert-OH is 2. The van der Waals surface area contributed by atoms with Crippen molar-refractivity contribution in [3.63, 3.8) is 0 Å². The highest BCUT2D eigenvalue weighted by Crippen LogP contribution is 1.71. The van der Waals surface area contributed by atoms with Gasteiger partial charge in [0.2, 0.25) is 0 Å². The van der Waals surface area contributed by atoms with E-state index in [0.717, 1.165) is 0 Å². The van der Waals surface area contributed by atoms with Crippen LogP contribution in [0.2, 0.25) is 0 Å². The third-order valence-electron chi connectivity index (χ3n) is 1.22. The number of hydrogen-bond donors (Lipinski definition) is 4. The maximum atomic E-state index is 10.4. The zero-order chi connectivity index (χ0) is 16.2. The summed E-state index contributed by atoms with van der Waals surface area (Å²) in [5.41, 5.74) is 4.78. The third-order valence-corrected chi connectivity index (χ3v) is 1.22. The van der Waals surface area contributed by atoms with Gasteiger partial charge in [0.1, 0.15) is 0 Å². The van der Waals surface area contributed by atoms with E-state index in [4.69, 9.17) is 29.1 Å². The van der Waals surface area contributed by atoms with Crippen LogP contribution >= 0.6 is 0 Å². The molecule has 0 unspecified atom stereocenters. The van der Waals surface area contributed by atoms with Gasteiger partial charge in [0.15, 0.2) is 0 Å². The summed E-state index contributed by atoms with van der Waals surface area (Å²) in [6.07, 6.45) is 0. The normalized spacial score (nSPS) is 7.50. The number of rotatable bonds is 5. The van der Waals surface area contributed by atoms with Gasteiger partial charge in [0.25, 0.3) is 12.5 Å². The first-order chi connectivity index (χ1) is 9.53. The van der Waals surface area contributed by atoms with Crippen molar-refractivity contribution in [2.45, 2.75) is 0 Å². The van der Waals surface area contributed by atoms with Gasteiger partial charge in [0, 0.05) is 13.1 Å². The van der Waals surface area contributed by atoms with Crippen LogP contribution in [0.15, 0.2) is 0 Å². The van der Waals surface area contributed by atoms with Gasteiger partial charge in [-0.25, -0.2) is 17.9 Å². The van der Waals surface area contributed by atoms with Crippen LogP contribution in [0.5, 0.6) is 0 Å². The smallest absolute Gasteiger partial charge is 0.386 e. The van der Waals surface area contributed by atoms with Gasteiger partial charge in [-0.3, -0.25) is 4.79 Å². The van der Waals surface area contributed by atoms with Crippen LogP contribution in [0.4, 0.5) is 0 Å². The van der Waals surface area contributed by atoms with E-state index in [2.05, 4.69) is 19.7 Å². The van der Waals surface area contributed by atoms with Crippen molar-refractivity contribution >= 4 is 11.9 Å². The van der Waals surface area contributed by atoms with Crippen LogP contribution in [0.1, 0.15) is 0 Å². The van der Waals surface area contributed by atoms with Crippen molar-refractivity contribution in [3.05, 3.63) is 22.8 Å². The van der Waals surface area contributed by atoms with E-state index < -0.39 is 5.97 Å². The number of nitrogens with one attached hydrogen (secondary N) is 1. The SMILES string of the molecule is NCCO.[C-]#[N+]CC(=O)NCCO.[C-]#[N+]CC(=O)OC. The van der Waals surface area contributed by atoms with Crippen LogP contribution in [-0.2, 0) is 14.3 Å². The third kappa shape index (κ3) is 29.7. The number of carbonyl (C=O) groups excluding carboxylic acids is 2. The molecule has 0 aromatic carbocycles. The number of nitrogens with two attached hydrogens (primary N) is 1. The molecule has 5 N–H and O–H groups in total. The molecule has 0 radical (unpaired) electrons. The van der Waals surface area contributed by atoms with Crippen molar-refractivity contribution in [3.8, 4) is 0 Å². The van der Waals surface area contributed by atoms with Crippen molar-refractivity contribution in [1.82, 2.24) is 5.32 Å². The van der Waals surface area contributed by atoms with Gasteiger partial charge in [-0.05, 0) is 0 Å². The summed E-state index contributed by atoms with van der Waals surface area (Å²) < 4.78 is 4.14. The fraction of sp³-hybridized carbons (Fsp3) is 0.636. The molecule has 0 fully saturated rings. The molecular weight excluding hydrogens is 268 g/mol. The Morgan fingerprint density at radius 3 is 1.95 bits per heavy atom. The van der Waals surface area contributed by atoms with Crippen LogP contribution in [0.3, 0.4) is 0 Å². The highest BCUT2D eigenvalue weighted by atomic mass is 16.5. The number of esters is 1. The largest absolute Gasteiger partial charge is 0.464 e. The fourth-order valence-electron chi connectivity index (χ4n) is 0.452. The molecule has 0 atom stereocenters. The Bertz CT molecular complexity index is 320. The summed E-state index contributed by atoms with van der Waals surface area (Å²) in [5.74, 6) is -0.811. The van der Waals surface area contributed by atoms with E-state index in [1.807, 2.05) is 0 Å². The molecule has 0 spiro atoms. The lowest BCUT2D eigenvalue weighted by Crippen LogP contribution is -2.27. The van der Waals surface area contributed by atoms with E-state index >= 15 is 0 Å². The molecule has 0 aliphatic heterocycles. The van der Waals surface area contributed by atoms with Crippen molar-refractivity contribution < 1.29 is 24.5 Å². The van der Waals surface area contributed by atoms with Crippen LogP contribution in [0.25, 0.3) is 9.69 Å². The zero-order valence-electron chi connectivity index (χ0n) is 11.3. The lowest BCUT2D eigenvalue weighted by Gasteiger charge is -1.94. The summed E-state index contributed by atoms with van der Waals surface area (Å²) in [4.78, 5) is 26.0. The van der Waals surface area contributed by atoms with E-state index in [0.29, 0.717) is 6.54 Å². The average molecular weight is 288 g/mol. The first-order valence-electron chi connectivity index (χ1n) is 5.45. The zero-order valence-corrected chi connectivity index (χ0v) is 11.3. The van der Waals surface area contributed by atoms with E-state index in [1.54, 1.807) is 0 Å². The summed E-state index contributed by atoms with van der Waals surface area (Å²) in [6.45, 7) is 12.7. The summed E-state index contributed by atoms with van der Waals surface area (Å²) in [6, 6.07) is 0. The van der Waals surface area contributed by atoms with Gasteiger partial charge in [-0.1, -0.05) is 0 Å². The first-order valence-corrected chi connectivity index (χ1v) is 5.45. The fourth-order valence-corrected chi connectivity index (χ4v) is 0.452. The Kier molecular flexibility index (Phi) is 25.3. The maximum Gasteiger partial charge on any atom is 0.386 e. The topological polar surface area (TPSA) is 131 Å². The van der Waals surface area contributed by atoms with Gasteiger partial charge < -0.3 is 35.7 Å². The molecule has 0 aliphatic carbocycles. The lowest BCUT2D eigenvalue weighted by atomic mass is 10.5. The molecule has 0 rings (SSSR count). The molecule has 114 valence electrons. The van der Waals surface area contributed by atoms with Gasteiger partial charge in [-0.15, -0.1) is 0 Å². The molecule has 0 aromatic rings. The minimum absolute atomic E-state index is 0.0796. The second-order valence-electron chi connectivity index (χ2n) is 2.79. The molecule has 20 heavy (non-hydrogen) atoms. The van der Waals surface area contributed by atoms with Crippen LogP contribution < -0.4 is 11.1 Å². The number of aliphatic hydroxyl groups is 2. The number of carbonyl (C=O) groups is 2. The highest BCUT2D eigenvalue weighted by molar-refractivity contribution is 5.79. The van der Waals surface area contributed by atoms with Crippen molar-refractivity contribution in [1.29, 1.82) is 0 Å². The van der Waals surface area contributed by atoms with Gasteiger partial charge in [-0.2, -0.15) is 0 Å². The van der Waals surface area contributed by atoms with Gasteiger partial charge >= 0.3 is 12.5 Å². The van der Waals surface area contributed by atoms with Crippen LogP contribution in [0, 0.1) is 13.1 Å². The summed E-state index contributed by atoms with van der Waals surface area (Å²) in [7, 11) is 1.26. The van der Waals surface area contributed by atoms with E-state index in [-0.39, 0.29) is 38.8 Å².